The van der Waals surface area contributed by atoms with Crippen molar-refractivity contribution in [3.63, 3.8) is 0 Å². The number of rotatable bonds is 10. The highest BCUT2D eigenvalue weighted by molar-refractivity contribution is 5.93. The molecule has 0 radical (unpaired) electrons. The van der Waals surface area contributed by atoms with Gasteiger partial charge in [0.05, 0.1) is 23.7 Å². The van der Waals surface area contributed by atoms with Crippen LogP contribution in [0.1, 0.15) is 44.2 Å². The molecule has 0 aliphatic heterocycles. The number of anilines is 2. The van der Waals surface area contributed by atoms with E-state index in [2.05, 4.69) is 30.6 Å². The first-order valence-corrected chi connectivity index (χ1v) is 13.3. The molecule has 4 aromatic rings. The van der Waals surface area contributed by atoms with Gasteiger partial charge in [0, 0.05) is 62.0 Å². The smallest absolute Gasteiger partial charge is 0.419 e. The summed E-state index contributed by atoms with van der Waals surface area (Å²) in [4.78, 5) is 17.0. The first-order chi connectivity index (χ1) is 19.8. The molecule has 0 spiro atoms. The van der Waals surface area contributed by atoms with E-state index in [9.17, 15) is 17.6 Å². The van der Waals surface area contributed by atoms with Crippen LogP contribution in [-0.4, -0.2) is 62.6 Å². The lowest BCUT2D eigenvalue weighted by Crippen LogP contribution is -2.27. The summed E-state index contributed by atoms with van der Waals surface area (Å²) in [6, 6.07) is 2.53. The third-order valence-corrected chi connectivity index (χ3v) is 6.89. The number of halogens is 4. The van der Waals surface area contributed by atoms with Gasteiger partial charge >= 0.3 is 6.18 Å². The van der Waals surface area contributed by atoms with Crippen LogP contribution in [0.2, 0.25) is 0 Å². The molecule has 1 aliphatic carbocycles. The summed E-state index contributed by atoms with van der Waals surface area (Å²) < 4.78 is 66.3. The minimum absolute atomic E-state index is 0.0156. The Morgan fingerprint density at radius 3 is 2.46 bits per heavy atom. The summed E-state index contributed by atoms with van der Waals surface area (Å²) >= 11 is 0. The second-order valence-corrected chi connectivity index (χ2v) is 9.65. The van der Waals surface area contributed by atoms with Crippen LogP contribution >= 0.6 is 0 Å². The molecule has 2 N–H and O–H groups in total. The summed E-state index contributed by atoms with van der Waals surface area (Å²) in [5, 5.41) is 12.1. The van der Waals surface area contributed by atoms with Crippen LogP contribution in [0.5, 0.6) is 5.88 Å². The normalized spacial score (nSPS) is 17.5. The maximum Gasteiger partial charge on any atom is 0.419 e. The maximum atomic E-state index is 14.5. The molecule has 4 aromatic heterocycles. The third-order valence-electron chi connectivity index (χ3n) is 6.89. The first-order valence-electron chi connectivity index (χ1n) is 13.3. The molecular formula is C27H30F4N8O2. The fraction of sp³-hybridized carbons (Fsp3) is 0.444. The zero-order valence-corrected chi connectivity index (χ0v) is 22.6. The van der Waals surface area contributed by atoms with E-state index in [-0.39, 0.29) is 6.04 Å². The number of ether oxygens (including phenoxy) is 2. The highest BCUT2D eigenvalue weighted by atomic mass is 19.4. The van der Waals surface area contributed by atoms with Crippen molar-refractivity contribution in [2.75, 3.05) is 37.4 Å². The number of methoxy groups -OCH3 is 1. The molecule has 1 aliphatic rings. The monoisotopic (exact) mass is 574 g/mol. The van der Waals surface area contributed by atoms with Gasteiger partial charge in [-0.1, -0.05) is 0 Å². The van der Waals surface area contributed by atoms with Crippen LogP contribution in [0, 0.1) is 5.82 Å². The Bertz CT molecular complexity index is 1470. The summed E-state index contributed by atoms with van der Waals surface area (Å²) in [7, 11) is 1.62. The quantitative estimate of drug-likeness (QED) is 0.187. The topological polar surface area (TPSA) is 112 Å². The summed E-state index contributed by atoms with van der Waals surface area (Å²) in [5.74, 6) is -0.927. The number of nitrogens with one attached hydrogen (secondary N) is 2. The van der Waals surface area contributed by atoms with Gasteiger partial charge in [-0.2, -0.15) is 18.3 Å². The molecule has 10 nitrogen and oxygen atoms in total. The zero-order chi connectivity index (χ0) is 29.0. The van der Waals surface area contributed by atoms with E-state index in [1.165, 1.54) is 0 Å². The third kappa shape index (κ3) is 6.32. The molecule has 41 heavy (non-hydrogen) atoms. The van der Waals surface area contributed by atoms with Gasteiger partial charge in [-0.3, -0.25) is 4.68 Å². The zero-order valence-electron chi connectivity index (χ0n) is 22.6. The molecular weight excluding hydrogens is 544 g/mol. The number of nitrogens with zero attached hydrogens (tertiary/aromatic N) is 6. The molecule has 0 atom stereocenters. The first kappa shape index (κ1) is 28.5. The minimum Gasteiger partial charge on any atom is -0.472 e. The van der Waals surface area contributed by atoms with Gasteiger partial charge in [-0.05, 0) is 38.7 Å². The Morgan fingerprint density at radius 1 is 1.02 bits per heavy atom. The lowest BCUT2D eigenvalue weighted by atomic mass is 9.93. The SMILES string of the molecule is CCNc1cc2c(cn1)c(-c1cnc(NCCOC)nc1)nn2C1CCC(Oc2nccc(C(F)(F)F)c2F)CC1. The minimum atomic E-state index is -4.83. The van der Waals surface area contributed by atoms with Gasteiger partial charge in [0.25, 0.3) is 5.88 Å². The summed E-state index contributed by atoms with van der Waals surface area (Å²) in [5.41, 5.74) is 0.905. The van der Waals surface area contributed by atoms with Crippen LogP contribution in [0.4, 0.5) is 29.3 Å². The lowest BCUT2D eigenvalue weighted by Gasteiger charge is -2.29. The second kappa shape index (κ2) is 12.2. The van der Waals surface area contributed by atoms with Crippen LogP contribution < -0.4 is 15.4 Å². The van der Waals surface area contributed by atoms with Gasteiger partial charge in [0.1, 0.15) is 17.6 Å². The average molecular weight is 575 g/mol. The molecule has 218 valence electrons. The molecule has 0 saturated heterocycles. The molecule has 4 heterocycles. The van der Waals surface area contributed by atoms with Gasteiger partial charge < -0.3 is 20.1 Å². The van der Waals surface area contributed by atoms with Crippen molar-refractivity contribution in [2.45, 2.75) is 50.9 Å². The van der Waals surface area contributed by atoms with Crippen molar-refractivity contribution < 1.29 is 27.0 Å². The number of hydrogen-bond donors (Lipinski definition) is 2. The maximum absolute atomic E-state index is 14.5. The second-order valence-electron chi connectivity index (χ2n) is 9.65. The van der Waals surface area contributed by atoms with Crippen molar-refractivity contribution in [1.82, 2.24) is 29.7 Å². The fourth-order valence-electron chi connectivity index (χ4n) is 4.90. The molecule has 1 fully saturated rings. The fourth-order valence-corrected chi connectivity index (χ4v) is 4.90. The van der Waals surface area contributed by atoms with Gasteiger partial charge in [0.2, 0.25) is 5.95 Å². The Hall–Kier alpha value is -4.07. The largest absolute Gasteiger partial charge is 0.472 e. The number of fused-ring (bicyclic) bond motifs is 1. The van der Waals surface area contributed by atoms with E-state index in [1.807, 2.05) is 17.7 Å². The molecule has 0 amide bonds. The Kier molecular flexibility index (Phi) is 8.47. The van der Waals surface area contributed by atoms with Crippen molar-refractivity contribution in [2.24, 2.45) is 0 Å². The van der Waals surface area contributed by atoms with E-state index < -0.39 is 29.5 Å². The van der Waals surface area contributed by atoms with E-state index in [0.717, 1.165) is 22.7 Å². The molecule has 0 bridgehead atoms. The van der Waals surface area contributed by atoms with Crippen LogP contribution in [-0.2, 0) is 10.9 Å². The summed E-state index contributed by atoms with van der Waals surface area (Å²) in [6.07, 6.45) is 3.03. The van der Waals surface area contributed by atoms with Crippen molar-refractivity contribution >= 4 is 22.7 Å². The van der Waals surface area contributed by atoms with Crippen LogP contribution in [0.15, 0.2) is 36.9 Å². The predicted octanol–water partition coefficient (Wildman–Crippen LogP) is 5.49. The lowest BCUT2D eigenvalue weighted by molar-refractivity contribution is -0.140. The summed E-state index contributed by atoms with van der Waals surface area (Å²) in [6.45, 7) is 3.79. The van der Waals surface area contributed by atoms with Gasteiger partial charge in [-0.25, -0.2) is 24.3 Å². The molecule has 14 heteroatoms. The Labute approximate surface area is 233 Å². The Morgan fingerprint density at radius 2 is 1.78 bits per heavy atom. The van der Waals surface area contributed by atoms with Gasteiger partial charge in [0.15, 0.2) is 5.82 Å². The highest BCUT2D eigenvalue weighted by Crippen LogP contribution is 2.38. The Balaban J connectivity index is 1.36. The molecule has 5 rings (SSSR count). The molecule has 0 aromatic carbocycles. The van der Waals surface area contributed by atoms with E-state index in [4.69, 9.17) is 14.6 Å². The van der Waals surface area contributed by atoms with Crippen molar-refractivity contribution in [3.8, 4) is 17.1 Å². The van der Waals surface area contributed by atoms with Crippen molar-refractivity contribution in [1.29, 1.82) is 0 Å². The average Bonchev–Trinajstić information content (AvgIpc) is 3.33. The van der Waals surface area contributed by atoms with E-state index in [1.54, 1.807) is 25.7 Å². The number of hydrogen-bond acceptors (Lipinski definition) is 9. The number of pyridine rings is 2. The van der Waals surface area contributed by atoms with Crippen LogP contribution in [0.3, 0.4) is 0 Å². The van der Waals surface area contributed by atoms with E-state index in [0.29, 0.717) is 68.9 Å². The number of alkyl halides is 3. The number of aromatic nitrogens is 6. The van der Waals surface area contributed by atoms with Crippen LogP contribution in [0.25, 0.3) is 22.2 Å². The standard InChI is InChI=1S/C27H30F4N8O2/c1-3-32-22-12-21-19(15-35-22)24(16-13-36-26(37-14-16)34-10-11-40-2)38-39(21)17-4-6-18(7-5-17)41-25-23(28)20(8-9-33-25)27(29,30)31/h8-9,12-15,17-18H,3-7,10-11H2,1-2H3,(H,32,35)(H,34,36,37). The predicted molar refractivity (Wildman–Crippen MR) is 144 cm³/mol. The molecule has 1 saturated carbocycles. The van der Waals surface area contributed by atoms with Crippen molar-refractivity contribution in [3.05, 3.63) is 48.3 Å². The highest BCUT2D eigenvalue weighted by Gasteiger charge is 2.36. The van der Waals surface area contributed by atoms with Gasteiger partial charge in [-0.15, -0.1) is 0 Å². The molecule has 0 unspecified atom stereocenters. The van der Waals surface area contributed by atoms with E-state index >= 15 is 0 Å².